The van der Waals surface area contributed by atoms with Crippen LogP contribution in [0.5, 0.6) is 5.88 Å². The normalized spacial score (nSPS) is 15.7. The van der Waals surface area contributed by atoms with Crippen molar-refractivity contribution >= 4 is 11.6 Å². The van der Waals surface area contributed by atoms with Crippen molar-refractivity contribution in [2.75, 3.05) is 20.3 Å². The van der Waals surface area contributed by atoms with Crippen LogP contribution in [-0.4, -0.2) is 52.3 Å². The maximum Gasteiger partial charge on any atom is 0.277 e. The first-order chi connectivity index (χ1) is 9.78. The molecule has 0 atom stereocenters. The zero-order chi connectivity index (χ0) is 13.9. The second-order valence-electron chi connectivity index (χ2n) is 4.05. The van der Waals surface area contributed by atoms with Crippen molar-refractivity contribution in [1.29, 1.82) is 0 Å². The molecule has 1 N–H and O–H groups in total. The summed E-state index contributed by atoms with van der Waals surface area (Å²) in [5, 5.41) is 14.8. The van der Waals surface area contributed by atoms with Gasteiger partial charge in [-0.2, -0.15) is 4.52 Å². The van der Waals surface area contributed by atoms with Gasteiger partial charge in [0.1, 0.15) is 0 Å². The zero-order valence-electron chi connectivity index (χ0n) is 10.8. The predicted molar refractivity (Wildman–Crippen MR) is 64.9 cm³/mol. The van der Waals surface area contributed by atoms with Crippen LogP contribution in [0, 0.1) is 0 Å². The maximum atomic E-state index is 11.7. The van der Waals surface area contributed by atoms with E-state index < -0.39 is 6.29 Å². The molecule has 0 aromatic carbocycles. The van der Waals surface area contributed by atoms with Gasteiger partial charge >= 0.3 is 0 Å². The first kappa shape index (κ1) is 12.8. The van der Waals surface area contributed by atoms with Gasteiger partial charge < -0.3 is 19.5 Å². The lowest BCUT2D eigenvalue weighted by Gasteiger charge is -2.08. The Hall–Kier alpha value is -2.26. The molecule has 0 radical (unpaired) electrons. The largest absolute Gasteiger partial charge is 0.480 e. The van der Waals surface area contributed by atoms with Crippen LogP contribution in [0.4, 0.5) is 0 Å². The Bertz CT molecular complexity index is 622. The van der Waals surface area contributed by atoms with Gasteiger partial charge in [0.2, 0.25) is 12.2 Å². The van der Waals surface area contributed by atoms with Crippen molar-refractivity contribution in [1.82, 2.24) is 25.1 Å². The van der Waals surface area contributed by atoms with Crippen molar-refractivity contribution in [2.24, 2.45) is 0 Å². The molecule has 1 amide bonds. The van der Waals surface area contributed by atoms with Gasteiger partial charge in [0, 0.05) is 6.07 Å². The van der Waals surface area contributed by atoms with Crippen LogP contribution in [0.3, 0.4) is 0 Å². The summed E-state index contributed by atoms with van der Waals surface area (Å²) in [6.45, 7) is 1.01. The topological polar surface area (TPSA) is 99.9 Å². The summed E-state index contributed by atoms with van der Waals surface area (Å²) < 4.78 is 16.7. The monoisotopic (exact) mass is 279 g/mol. The van der Waals surface area contributed by atoms with Gasteiger partial charge in [-0.1, -0.05) is 0 Å². The molecule has 0 spiro atoms. The lowest BCUT2D eigenvalue weighted by Crippen LogP contribution is -2.35. The van der Waals surface area contributed by atoms with Crippen LogP contribution in [0.15, 0.2) is 12.1 Å². The lowest BCUT2D eigenvalue weighted by molar-refractivity contribution is -0.146. The molecule has 9 heteroatoms. The molecule has 0 aliphatic carbocycles. The molecule has 106 valence electrons. The van der Waals surface area contributed by atoms with E-state index in [0.29, 0.717) is 30.6 Å². The van der Waals surface area contributed by atoms with Crippen LogP contribution in [-0.2, 0) is 20.8 Å². The van der Waals surface area contributed by atoms with Gasteiger partial charge in [0.15, 0.2) is 11.5 Å². The Morgan fingerprint density at radius 1 is 1.45 bits per heavy atom. The number of rotatable bonds is 4. The number of nitrogens with one attached hydrogen (secondary N) is 1. The van der Waals surface area contributed by atoms with Crippen LogP contribution in [0.1, 0.15) is 5.82 Å². The van der Waals surface area contributed by atoms with Gasteiger partial charge in [0.25, 0.3) is 5.91 Å². The Labute approximate surface area is 113 Å². The van der Waals surface area contributed by atoms with Crippen LogP contribution >= 0.6 is 0 Å². The third-order valence-electron chi connectivity index (χ3n) is 2.77. The zero-order valence-corrected chi connectivity index (χ0v) is 10.8. The van der Waals surface area contributed by atoms with E-state index in [1.54, 1.807) is 12.1 Å². The predicted octanol–water partition coefficient (Wildman–Crippen LogP) is -0.878. The Morgan fingerprint density at radius 3 is 3.00 bits per heavy atom. The van der Waals surface area contributed by atoms with Crippen LogP contribution < -0.4 is 10.1 Å². The van der Waals surface area contributed by atoms with Crippen molar-refractivity contribution in [3.63, 3.8) is 0 Å². The summed E-state index contributed by atoms with van der Waals surface area (Å²) >= 11 is 0. The fourth-order valence-electron chi connectivity index (χ4n) is 1.79. The number of amides is 1. The summed E-state index contributed by atoms with van der Waals surface area (Å²) in [7, 11) is 1.52. The summed E-state index contributed by atoms with van der Waals surface area (Å²) in [5.74, 6) is 0.583. The highest BCUT2D eigenvalue weighted by molar-refractivity contribution is 5.79. The standard InChI is InChI=1S/C11H13N5O4/c1-18-9-3-2-7-13-14-8(16(7)15-9)6-12-10(17)11-19-4-5-20-11/h2-3,11H,4-6H2,1H3,(H,12,17). The number of aromatic nitrogens is 4. The number of hydrogen-bond donors (Lipinski definition) is 1. The first-order valence-electron chi connectivity index (χ1n) is 6.04. The minimum atomic E-state index is -0.850. The molecular formula is C11H13N5O4. The van der Waals surface area contributed by atoms with E-state index >= 15 is 0 Å². The van der Waals surface area contributed by atoms with Gasteiger partial charge in [0.05, 0.1) is 26.9 Å². The Morgan fingerprint density at radius 2 is 2.25 bits per heavy atom. The second kappa shape index (κ2) is 5.39. The number of hydrogen-bond acceptors (Lipinski definition) is 7. The number of carbonyl (C=O) groups is 1. The smallest absolute Gasteiger partial charge is 0.277 e. The first-order valence-corrected chi connectivity index (χ1v) is 6.04. The number of nitrogens with zero attached hydrogens (tertiary/aromatic N) is 4. The van der Waals surface area contributed by atoms with Crippen molar-refractivity contribution in [3.05, 3.63) is 18.0 Å². The molecule has 1 fully saturated rings. The molecule has 2 aromatic heterocycles. The third kappa shape index (κ3) is 2.40. The van der Waals surface area contributed by atoms with Gasteiger partial charge in [-0.15, -0.1) is 15.3 Å². The number of methoxy groups -OCH3 is 1. The SMILES string of the molecule is COc1ccc2nnc(CNC(=O)C3OCCO3)n2n1. The summed E-state index contributed by atoms with van der Waals surface area (Å²) in [4.78, 5) is 11.7. The summed E-state index contributed by atoms with van der Waals surface area (Å²) in [5.41, 5.74) is 0.573. The summed E-state index contributed by atoms with van der Waals surface area (Å²) in [6.07, 6.45) is -0.850. The minimum absolute atomic E-state index is 0.170. The second-order valence-corrected chi connectivity index (χ2v) is 4.05. The van der Waals surface area contributed by atoms with E-state index in [-0.39, 0.29) is 12.5 Å². The molecule has 0 saturated carbocycles. The molecule has 3 rings (SSSR count). The van der Waals surface area contributed by atoms with Crippen molar-refractivity contribution in [3.8, 4) is 5.88 Å². The highest BCUT2D eigenvalue weighted by Crippen LogP contribution is 2.09. The summed E-state index contributed by atoms with van der Waals surface area (Å²) in [6, 6.07) is 3.42. The molecule has 9 nitrogen and oxygen atoms in total. The van der Waals surface area contributed by atoms with Gasteiger partial charge in [-0.3, -0.25) is 4.79 Å². The molecule has 1 aliphatic heterocycles. The number of ether oxygens (including phenoxy) is 3. The molecule has 0 bridgehead atoms. The van der Waals surface area contributed by atoms with E-state index in [1.165, 1.54) is 11.6 Å². The number of fused-ring (bicyclic) bond motifs is 1. The van der Waals surface area contributed by atoms with E-state index in [2.05, 4.69) is 20.6 Å². The third-order valence-corrected chi connectivity index (χ3v) is 2.77. The molecule has 0 unspecified atom stereocenters. The molecule has 2 aromatic rings. The number of carbonyl (C=O) groups excluding carboxylic acids is 1. The molecule has 1 saturated heterocycles. The van der Waals surface area contributed by atoms with Gasteiger partial charge in [-0.25, -0.2) is 0 Å². The lowest BCUT2D eigenvalue weighted by atomic mass is 10.5. The molecular weight excluding hydrogens is 266 g/mol. The van der Waals surface area contributed by atoms with Crippen LogP contribution in [0.25, 0.3) is 5.65 Å². The van der Waals surface area contributed by atoms with Crippen LogP contribution in [0.2, 0.25) is 0 Å². The highest BCUT2D eigenvalue weighted by Gasteiger charge is 2.24. The van der Waals surface area contributed by atoms with E-state index in [1.807, 2.05) is 0 Å². The minimum Gasteiger partial charge on any atom is -0.480 e. The van der Waals surface area contributed by atoms with Crippen molar-refractivity contribution < 1.29 is 19.0 Å². The average Bonchev–Trinajstić information content (AvgIpc) is 3.13. The molecule has 20 heavy (non-hydrogen) atoms. The Balaban J connectivity index is 1.72. The average molecular weight is 279 g/mol. The molecule has 3 heterocycles. The fourth-order valence-corrected chi connectivity index (χ4v) is 1.79. The fraction of sp³-hybridized carbons (Fsp3) is 0.455. The van der Waals surface area contributed by atoms with E-state index in [0.717, 1.165) is 0 Å². The van der Waals surface area contributed by atoms with Gasteiger partial charge in [-0.05, 0) is 6.07 Å². The van der Waals surface area contributed by atoms with E-state index in [4.69, 9.17) is 14.2 Å². The van der Waals surface area contributed by atoms with Crippen molar-refractivity contribution in [2.45, 2.75) is 12.8 Å². The quantitative estimate of drug-likeness (QED) is 0.775. The molecule has 1 aliphatic rings. The van der Waals surface area contributed by atoms with E-state index in [9.17, 15) is 4.79 Å². The highest BCUT2D eigenvalue weighted by atomic mass is 16.7. The maximum absolute atomic E-state index is 11.7. The Kier molecular flexibility index (Phi) is 3.44.